The Morgan fingerprint density at radius 2 is 1.82 bits per heavy atom. The molecule has 2 aliphatic heterocycles. The third-order valence-corrected chi connectivity index (χ3v) is 6.93. The van der Waals surface area contributed by atoms with E-state index in [0.29, 0.717) is 39.2 Å². The largest absolute Gasteiger partial charge is 0.447 e. The molecule has 33 heavy (non-hydrogen) atoms. The van der Waals surface area contributed by atoms with Crippen LogP contribution in [0.2, 0.25) is 0 Å². The number of nitrogens with one attached hydrogen (secondary N) is 2. The monoisotopic (exact) mass is 518 g/mol. The summed E-state index contributed by atoms with van der Waals surface area (Å²) in [4.78, 5) is 32.7. The topological polar surface area (TPSA) is 86.9 Å². The minimum Gasteiger partial charge on any atom is -0.447 e. The predicted molar refractivity (Wildman–Crippen MR) is 130 cm³/mol. The number of H-pyrrole nitrogens is 1. The van der Waals surface area contributed by atoms with Crippen molar-refractivity contribution in [1.82, 2.24) is 20.1 Å². The lowest BCUT2D eigenvalue weighted by Gasteiger charge is -2.36. The Bertz CT molecular complexity index is 1140. The maximum Gasteiger partial charge on any atom is 0.261 e. The van der Waals surface area contributed by atoms with E-state index in [1.807, 2.05) is 33.8 Å². The van der Waals surface area contributed by atoms with Crippen molar-refractivity contribution in [3.63, 3.8) is 0 Å². The van der Waals surface area contributed by atoms with Crippen LogP contribution in [0.1, 0.15) is 39.7 Å². The van der Waals surface area contributed by atoms with Crippen LogP contribution in [0.15, 0.2) is 21.4 Å². The van der Waals surface area contributed by atoms with E-state index in [1.165, 1.54) is 0 Å². The number of aryl methyl sites for hydroxylation is 2. The first kappa shape index (κ1) is 23.8. The van der Waals surface area contributed by atoms with Crippen molar-refractivity contribution in [2.45, 2.75) is 40.0 Å². The number of aromatic nitrogens is 1. The number of benzene rings is 1. The Balaban J connectivity index is 1.50. The molecule has 2 aromatic rings. The molecule has 2 aliphatic rings. The van der Waals surface area contributed by atoms with Crippen LogP contribution in [-0.4, -0.2) is 66.2 Å². The second-order valence-electron chi connectivity index (χ2n) is 9.23. The van der Waals surface area contributed by atoms with Gasteiger partial charge in [-0.25, -0.2) is 0 Å². The summed E-state index contributed by atoms with van der Waals surface area (Å²) in [7, 11) is 2.13. The average Bonchev–Trinajstić information content (AvgIpc) is 3.09. The molecule has 0 bridgehead atoms. The number of aromatic amines is 1. The van der Waals surface area contributed by atoms with E-state index in [9.17, 15) is 9.59 Å². The van der Waals surface area contributed by atoms with Gasteiger partial charge in [0.05, 0.1) is 11.0 Å². The molecule has 178 valence electrons. The number of rotatable bonds is 5. The molecule has 0 radical (unpaired) electrons. The minimum absolute atomic E-state index is 0.146. The number of piperazine rings is 1. The third-order valence-electron chi connectivity index (χ3n) is 6.35. The summed E-state index contributed by atoms with van der Waals surface area (Å²) in [6.07, 6.45) is 0. The number of ether oxygens (including phenoxy) is 2. The highest BCUT2D eigenvalue weighted by atomic mass is 79.9. The quantitative estimate of drug-likeness (QED) is 0.632. The summed E-state index contributed by atoms with van der Waals surface area (Å²) < 4.78 is 13.2. The van der Waals surface area contributed by atoms with Gasteiger partial charge in [-0.05, 0) is 61.4 Å². The number of hydrogen-bond donors (Lipinski definition) is 2. The molecular formula is C24H31BrN4O4. The van der Waals surface area contributed by atoms with Crippen molar-refractivity contribution in [1.29, 1.82) is 0 Å². The van der Waals surface area contributed by atoms with Crippen LogP contribution in [0.5, 0.6) is 11.5 Å². The first-order chi connectivity index (χ1) is 15.6. The molecule has 0 aliphatic carbocycles. The Hall–Kier alpha value is -2.36. The summed E-state index contributed by atoms with van der Waals surface area (Å²) >= 11 is 3.55. The SMILES string of the molecule is Cc1cc(C)c(CNC(=O)c2cc(Br)c3c(c2C)OC(C)(CN2CCN(C)CC2)O3)c(=O)[nH]1. The Morgan fingerprint density at radius 3 is 2.48 bits per heavy atom. The number of hydrogen-bond acceptors (Lipinski definition) is 6. The highest BCUT2D eigenvalue weighted by molar-refractivity contribution is 9.10. The van der Waals surface area contributed by atoms with Crippen molar-refractivity contribution in [3.8, 4) is 11.5 Å². The summed E-state index contributed by atoms with van der Waals surface area (Å²) in [6.45, 7) is 12.2. The Kier molecular flexibility index (Phi) is 6.57. The second-order valence-corrected chi connectivity index (χ2v) is 10.1. The maximum atomic E-state index is 13.0. The standard InChI is InChI=1S/C24H31BrN4O4/c1-14-10-15(2)27-23(31)18(14)12-26-22(30)17-11-19(25)21-20(16(17)3)32-24(4,33-21)13-29-8-6-28(5)7-9-29/h10-11H,6-9,12-13H2,1-5H3,(H,26,30)(H,27,31). The first-order valence-corrected chi connectivity index (χ1v) is 12.0. The first-order valence-electron chi connectivity index (χ1n) is 11.2. The summed E-state index contributed by atoms with van der Waals surface area (Å²) in [5.74, 6) is 0.0982. The van der Waals surface area contributed by atoms with Gasteiger partial charge < -0.3 is 24.7 Å². The highest BCUT2D eigenvalue weighted by Gasteiger charge is 2.41. The maximum absolute atomic E-state index is 13.0. The van der Waals surface area contributed by atoms with Gasteiger partial charge in [-0.1, -0.05) is 0 Å². The van der Waals surface area contributed by atoms with Crippen molar-refractivity contribution in [2.24, 2.45) is 0 Å². The van der Waals surface area contributed by atoms with Gasteiger partial charge in [0.25, 0.3) is 17.3 Å². The van der Waals surface area contributed by atoms with E-state index in [0.717, 1.165) is 37.4 Å². The van der Waals surface area contributed by atoms with Gasteiger partial charge in [-0.2, -0.15) is 0 Å². The smallest absolute Gasteiger partial charge is 0.261 e. The number of pyridine rings is 1. The minimum atomic E-state index is -0.826. The van der Waals surface area contributed by atoms with Crippen LogP contribution in [0.4, 0.5) is 0 Å². The van der Waals surface area contributed by atoms with E-state index in [2.05, 4.69) is 43.1 Å². The van der Waals surface area contributed by atoms with Crippen LogP contribution in [0.3, 0.4) is 0 Å². The Morgan fingerprint density at radius 1 is 1.15 bits per heavy atom. The average molecular weight is 519 g/mol. The lowest BCUT2D eigenvalue weighted by atomic mass is 10.1. The van der Waals surface area contributed by atoms with Crippen LogP contribution < -0.4 is 20.3 Å². The highest BCUT2D eigenvalue weighted by Crippen LogP contribution is 2.48. The molecule has 1 unspecified atom stereocenters. The third kappa shape index (κ3) is 4.95. The number of nitrogens with zero attached hydrogens (tertiary/aromatic N) is 2. The van der Waals surface area contributed by atoms with Gasteiger partial charge in [0.2, 0.25) is 0 Å². The van der Waals surface area contributed by atoms with Crippen LogP contribution in [0.25, 0.3) is 0 Å². The molecule has 3 heterocycles. The molecule has 8 nitrogen and oxygen atoms in total. The molecule has 1 fully saturated rings. The van der Waals surface area contributed by atoms with Crippen molar-refractivity contribution < 1.29 is 14.3 Å². The molecule has 1 saturated heterocycles. The van der Waals surface area contributed by atoms with Crippen molar-refractivity contribution in [3.05, 3.63) is 54.9 Å². The van der Waals surface area contributed by atoms with Gasteiger partial charge in [0.15, 0.2) is 11.5 Å². The van der Waals surface area contributed by atoms with E-state index in [4.69, 9.17) is 9.47 Å². The summed E-state index contributed by atoms with van der Waals surface area (Å²) in [6, 6.07) is 3.65. The molecule has 1 aromatic carbocycles. The molecular weight excluding hydrogens is 488 g/mol. The second kappa shape index (κ2) is 9.12. The number of fused-ring (bicyclic) bond motifs is 1. The van der Waals surface area contributed by atoms with Gasteiger partial charge in [0, 0.05) is 62.0 Å². The van der Waals surface area contributed by atoms with Gasteiger partial charge in [-0.3, -0.25) is 14.5 Å². The van der Waals surface area contributed by atoms with Crippen LogP contribution in [0, 0.1) is 20.8 Å². The molecule has 0 saturated carbocycles. The number of halogens is 1. The van der Waals surface area contributed by atoms with Gasteiger partial charge in [0.1, 0.15) is 0 Å². The van der Waals surface area contributed by atoms with E-state index in [-0.39, 0.29) is 18.0 Å². The molecule has 0 spiro atoms. The summed E-state index contributed by atoms with van der Waals surface area (Å²) in [5, 5.41) is 2.88. The predicted octanol–water partition coefficient (Wildman–Crippen LogP) is 2.73. The fourth-order valence-corrected chi connectivity index (χ4v) is 4.94. The number of carbonyl (C=O) groups is 1. The molecule has 1 atom stereocenters. The molecule has 1 amide bonds. The number of carbonyl (C=O) groups excluding carboxylic acids is 1. The lowest BCUT2D eigenvalue weighted by molar-refractivity contribution is -0.0892. The van der Waals surface area contributed by atoms with Crippen molar-refractivity contribution in [2.75, 3.05) is 39.8 Å². The zero-order chi connectivity index (χ0) is 23.9. The fourth-order valence-electron chi connectivity index (χ4n) is 4.45. The number of amides is 1. The van der Waals surface area contributed by atoms with Crippen LogP contribution >= 0.6 is 15.9 Å². The van der Waals surface area contributed by atoms with Gasteiger partial charge in [-0.15, -0.1) is 0 Å². The molecule has 4 rings (SSSR count). The van der Waals surface area contributed by atoms with Crippen LogP contribution in [-0.2, 0) is 6.54 Å². The normalized spacial score (nSPS) is 20.8. The zero-order valence-corrected chi connectivity index (χ0v) is 21.4. The number of likely N-dealkylation sites (N-methyl/N-ethyl adjacent to an activating group) is 1. The van der Waals surface area contributed by atoms with Crippen molar-refractivity contribution >= 4 is 21.8 Å². The molecule has 2 N–H and O–H groups in total. The van der Waals surface area contributed by atoms with Gasteiger partial charge >= 0.3 is 0 Å². The fraction of sp³-hybridized carbons (Fsp3) is 0.500. The van der Waals surface area contributed by atoms with E-state index >= 15 is 0 Å². The summed E-state index contributed by atoms with van der Waals surface area (Å²) in [5.41, 5.74) is 3.20. The van der Waals surface area contributed by atoms with E-state index < -0.39 is 5.79 Å². The molecule has 9 heteroatoms. The zero-order valence-electron chi connectivity index (χ0n) is 19.8. The molecule has 1 aromatic heterocycles. The Labute approximate surface area is 202 Å². The van der Waals surface area contributed by atoms with E-state index in [1.54, 1.807) is 6.07 Å². The lowest BCUT2D eigenvalue weighted by Crippen LogP contribution is -2.53.